The molecule has 2 aromatic carbocycles. The summed E-state index contributed by atoms with van der Waals surface area (Å²) in [6.07, 6.45) is 12.6. The molecule has 1 aliphatic rings. The number of hydrogen-bond acceptors (Lipinski definition) is 8. The van der Waals surface area contributed by atoms with Crippen LogP contribution in [0.5, 0.6) is 0 Å². The summed E-state index contributed by atoms with van der Waals surface area (Å²) in [6.45, 7) is 9.50. The predicted octanol–water partition coefficient (Wildman–Crippen LogP) is 14.2. The molecule has 0 saturated carbocycles. The zero-order chi connectivity index (χ0) is 32.7. The van der Waals surface area contributed by atoms with Gasteiger partial charge in [-0.25, -0.2) is 0 Å². The highest BCUT2D eigenvalue weighted by Gasteiger charge is 2.48. The van der Waals surface area contributed by atoms with Crippen molar-refractivity contribution in [3.05, 3.63) is 56.5 Å². The molecule has 4 heterocycles. The molecule has 10 heteroatoms. The summed E-state index contributed by atoms with van der Waals surface area (Å²) >= 11 is 14.0. The van der Waals surface area contributed by atoms with E-state index >= 15 is 0 Å². The van der Waals surface area contributed by atoms with Crippen LogP contribution in [0.25, 0.3) is 52.7 Å². The van der Waals surface area contributed by atoms with Gasteiger partial charge in [-0.05, 0) is 91.9 Å². The highest BCUT2D eigenvalue weighted by atomic mass is 79.9. The first kappa shape index (κ1) is 33.9. The van der Waals surface area contributed by atoms with Crippen molar-refractivity contribution in [2.24, 2.45) is 11.8 Å². The number of thiophene rings is 2. The van der Waals surface area contributed by atoms with Crippen molar-refractivity contribution in [3.8, 4) is 30.6 Å². The zero-order valence-electron chi connectivity index (χ0n) is 27.4. The van der Waals surface area contributed by atoms with Gasteiger partial charge in [0.1, 0.15) is 22.1 Å². The number of nitrogens with zero attached hydrogens (tertiary/aromatic N) is 4. The maximum atomic E-state index is 4.78. The number of benzene rings is 2. The normalized spacial score (nSPS) is 15.0. The third kappa shape index (κ3) is 6.11. The van der Waals surface area contributed by atoms with Gasteiger partial charge in [-0.15, -0.1) is 22.7 Å². The average Bonchev–Trinajstić information content (AvgIpc) is 3.91. The van der Waals surface area contributed by atoms with Crippen LogP contribution in [0.4, 0.5) is 0 Å². The van der Waals surface area contributed by atoms with Crippen molar-refractivity contribution < 1.29 is 0 Å². The zero-order valence-corrected chi connectivity index (χ0v) is 33.8. The van der Waals surface area contributed by atoms with E-state index in [1.807, 2.05) is 22.7 Å². The lowest BCUT2D eigenvalue weighted by molar-refractivity contribution is 0.266. The second-order valence-corrected chi connectivity index (χ2v) is 18.0. The Kier molecular flexibility index (Phi) is 10.4. The van der Waals surface area contributed by atoms with Gasteiger partial charge in [-0.2, -0.15) is 17.5 Å². The second-order valence-electron chi connectivity index (χ2n) is 13.1. The number of rotatable bonds is 14. The van der Waals surface area contributed by atoms with Gasteiger partial charge < -0.3 is 0 Å². The van der Waals surface area contributed by atoms with Gasteiger partial charge in [-0.3, -0.25) is 0 Å². The summed E-state index contributed by atoms with van der Waals surface area (Å²) < 4.78 is 20.8. The summed E-state index contributed by atoms with van der Waals surface area (Å²) in [5, 5.41) is 0. The monoisotopic (exact) mass is 826 g/mol. The maximum Gasteiger partial charge on any atom is 0.119 e. The summed E-state index contributed by atoms with van der Waals surface area (Å²) in [7, 11) is 0. The molecule has 0 saturated heterocycles. The van der Waals surface area contributed by atoms with E-state index in [4.69, 9.17) is 8.75 Å². The Morgan fingerprint density at radius 2 is 1.04 bits per heavy atom. The fourth-order valence-corrected chi connectivity index (χ4v) is 12.6. The fourth-order valence-electron chi connectivity index (χ4n) is 7.71. The third-order valence-corrected chi connectivity index (χ3v) is 15.2. The molecule has 2 unspecified atom stereocenters. The largest absolute Gasteiger partial charge is 0.172 e. The smallest absolute Gasteiger partial charge is 0.119 e. The summed E-state index contributed by atoms with van der Waals surface area (Å²) in [4.78, 5) is 5.54. The molecule has 2 atom stereocenters. The molecule has 0 amide bonds. The van der Waals surface area contributed by atoms with Crippen molar-refractivity contribution in [2.75, 3.05) is 0 Å². The SMILES string of the molecule is CCCCC(CC)CC1(CC(CC)CCCC)c2cc(-c3ccc(Br)c4nsnc34)sc2-c2sc(-c3ccc(Br)c4nsnc34)cc21. The summed E-state index contributed by atoms with van der Waals surface area (Å²) in [5.41, 5.74) is 9.42. The molecule has 0 N–H and O–H groups in total. The van der Waals surface area contributed by atoms with Gasteiger partial charge >= 0.3 is 0 Å². The molecule has 0 bridgehead atoms. The quantitative estimate of drug-likeness (QED) is 0.110. The van der Waals surface area contributed by atoms with E-state index in [9.17, 15) is 0 Å². The van der Waals surface area contributed by atoms with Crippen molar-refractivity contribution in [1.82, 2.24) is 17.5 Å². The summed E-state index contributed by atoms with van der Waals surface area (Å²) in [6, 6.07) is 13.9. The molecular weight excluding hydrogens is 789 g/mol. The first-order chi connectivity index (χ1) is 22.9. The molecule has 1 aliphatic carbocycles. The number of unbranched alkanes of at least 4 members (excludes halogenated alkanes) is 2. The van der Waals surface area contributed by atoms with Crippen LogP contribution in [-0.4, -0.2) is 17.5 Å². The van der Waals surface area contributed by atoms with Crippen molar-refractivity contribution in [2.45, 2.75) is 97.3 Å². The van der Waals surface area contributed by atoms with Gasteiger partial charge in [-0.1, -0.05) is 91.2 Å². The van der Waals surface area contributed by atoms with Crippen LogP contribution in [0.15, 0.2) is 45.3 Å². The highest BCUT2D eigenvalue weighted by Crippen LogP contribution is 2.63. The number of fused-ring (bicyclic) bond motifs is 5. The lowest BCUT2D eigenvalue weighted by Gasteiger charge is -2.37. The Hall–Kier alpha value is -1.56. The van der Waals surface area contributed by atoms with Crippen LogP contribution in [-0.2, 0) is 5.41 Å². The fraction of sp³-hybridized carbons (Fsp3) is 0.459. The molecule has 47 heavy (non-hydrogen) atoms. The second kappa shape index (κ2) is 14.4. The lowest BCUT2D eigenvalue weighted by Crippen LogP contribution is -2.31. The molecule has 0 fully saturated rings. The van der Waals surface area contributed by atoms with E-state index in [-0.39, 0.29) is 5.41 Å². The summed E-state index contributed by atoms with van der Waals surface area (Å²) in [5.74, 6) is 1.38. The van der Waals surface area contributed by atoms with Crippen LogP contribution in [0.3, 0.4) is 0 Å². The van der Waals surface area contributed by atoms with E-state index in [2.05, 4.69) is 105 Å². The van der Waals surface area contributed by atoms with E-state index in [0.29, 0.717) is 11.8 Å². The van der Waals surface area contributed by atoms with Gasteiger partial charge in [0, 0.05) is 45.0 Å². The Labute approximate surface area is 311 Å². The van der Waals surface area contributed by atoms with Crippen LogP contribution >= 0.6 is 78.0 Å². The molecule has 4 aromatic heterocycles. The van der Waals surface area contributed by atoms with Crippen molar-refractivity contribution >= 4 is 100 Å². The standard InChI is InChI=1S/C37H40Br2N4S4/c1-5-9-11-21(7-3)19-37(20-22(8-4)12-10-6-2)25-17-29(23-13-15-27(38)33-31(23)40-46-42-33)44-35(25)36-26(37)18-30(45-36)24-14-16-28(39)34-32(24)41-47-43-34/h13-18,21-22H,5-12,19-20H2,1-4H3. The maximum absolute atomic E-state index is 4.78. The van der Waals surface area contributed by atoms with E-state index < -0.39 is 0 Å². The number of hydrogen-bond donors (Lipinski definition) is 0. The average molecular weight is 829 g/mol. The van der Waals surface area contributed by atoms with Gasteiger partial charge in [0.15, 0.2) is 0 Å². The van der Waals surface area contributed by atoms with Gasteiger partial charge in [0.25, 0.3) is 0 Å². The topological polar surface area (TPSA) is 51.6 Å². The van der Waals surface area contributed by atoms with Crippen LogP contribution in [0.1, 0.15) is 103 Å². The predicted molar refractivity (Wildman–Crippen MR) is 212 cm³/mol. The minimum absolute atomic E-state index is 0.0133. The Morgan fingerprint density at radius 3 is 1.45 bits per heavy atom. The van der Waals surface area contributed by atoms with Crippen molar-refractivity contribution in [1.29, 1.82) is 0 Å². The van der Waals surface area contributed by atoms with E-state index in [1.165, 1.54) is 118 Å². The first-order valence-corrected chi connectivity index (χ1v) is 21.7. The lowest BCUT2D eigenvalue weighted by atomic mass is 9.65. The van der Waals surface area contributed by atoms with Crippen LogP contribution in [0, 0.1) is 11.8 Å². The molecule has 0 aliphatic heterocycles. The van der Waals surface area contributed by atoms with Crippen molar-refractivity contribution in [3.63, 3.8) is 0 Å². The Balaban J connectivity index is 1.45. The van der Waals surface area contributed by atoms with E-state index in [0.717, 1.165) is 31.0 Å². The van der Waals surface area contributed by atoms with Gasteiger partial charge in [0.2, 0.25) is 0 Å². The molecule has 246 valence electrons. The Bertz CT molecular complexity index is 1880. The molecule has 0 spiro atoms. The minimum atomic E-state index is -0.0133. The Morgan fingerprint density at radius 1 is 0.617 bits per heavy atom. The number of aromatic nitrogens is 4. The van der Waals surface area contributed by atoms with E-state index in [1.54, 1.807) is 11.1 Å². The molecule has 0 radical (unpaired) electrons. The number of halogens is 2. The molecule has 4 nitrogen and oxygen atoms in total. The molecule has 7 rings (SSSR count). The third-order valence-electron chi connectivity index (χ3n) is 10.3. The minimum Gasteiger partial charge on any atom is -0.172 e. The van der Waals surface area contributed by atoms with Crippen LogP contribution < -0.4 is 0 Å². The molecular formula is C37H40Br2N4S4. The van der Waals surface area contributed by atoms with Gasteiger partial charge in [0.05, 0.1) is 23.5 Å². The highest BCUT2D eigenvalue weighted by molar-refractivity contribution is 9.11. The van der Waals surface area contributed by atoms with Crippen LogP contribution in [0.2, 0.25) is 0 Å². The molecule has 6 aromatic rings. The first-order valence-electron chi connectivity index (χ1n) is 17.0.